The molecule has 140 valence electrons. The predicted octanol–water partition coefficient (Wildman–Crippen LogP) is 3.96. The molecular formula is C22H25N3O2. The van der Waals surface area contributed by atoms with Crippen molar-refractivity contribution >= 4 is 16.9 Å². The molecule has 1 atom stereocenters. The quantitative estimate of drug-likeness (QED) is 0.763. The molecule has 0 aliphatic carbocycles. The lowest BCUT2D eigenvalue weighted by Crippen LogP contribution is -2.41. The van der Waals surface area contributed by atoms with Gasteiger partial charge >= 0.3 is 0 Å². The lowest BCUT2D eigenvalue weighted by Gasteiger charge is -2.31. The Morgan fingerprint density at radius 2 is 2.07 bits per heavy atom. The third-order valence-electron chi connectivity index (χ3n) is 5.47. The highest BCUT2D eigenvalue weighted by Crippen LogP contribution is 2.27. The standard InChI is InChI=1S/C22H25N3O2/c1-15-7-5-11-20(16(15)2)27-14-21(26)25-12-6-8-17(13-25)22-23-18-9-3-4-10-19(18)24-22/h3-5,7,9-11,17H,6,8,12-14H2,1-2H3,(H,23,24)/t17-/m0/s1. The Bertz CT molecular complexity index is 930. The lowest BCUT2D eigenvalue weighted by molar-refractivity contribution is -0.134. The number of amides is 1. The molecule has 0 radical (unpaired) electrons. The molecule has 27 heavy (non-hydrogen) atoms. The normalized spacial score (nSPS) is 17.3. The van der Waals surface area contributed by atoms with Gasteiger partial charge in [0.05, 0.1) is 11.0 Å². The molecule has 2 aromatic carbocycles. The topological polar surface area (TPSA) is 58.2 Å². The average molecular weight is 363 g/mol. The number of nitrogens with zero attached hydrogens (tertiary/aromatic N) is 2. The van der Waals surface area contributed by atoms with Gasteiger partial charge in [-0.2, -0.15) is 0 Å². The number of hydrogen-bond acceptors (Lipinski definition) is 3. The summed E-state index contributed by atoms with van der Waals surface area (Å²) < 4.78 is 5.81. The Kier molecular flexibility index (Phi) is 4.84. The van der Waals surface area contributed by atoms with Gasteiger partial charge in [-0.15, -0.1) is 0 Å². The number of carbonyl (C=O) groups is 1. The number of aromatic nitrogens is 2. The van der Waals surface area contributed by atoms with Crippen molar-refractivity contribution in [1.82, 2.24) is 14.9 Å². The van der Waals surface area contributed by atoms with Crippen LogP contribution in [0.5, 0.6) is 5.75 Å². The van der Waals surface area contributed by atoms with Crippen LogP contribution in [0.2, 0.25) is 0 Å². The monoisotopic (exact) mass is 363 g/mol. The zero-order valence-electron chi connectivity index (χ0n) is 15.9. The summed E-state index contributed by atoms with van der Waals surface area (Å²) in [4.78, 5) is 22.7. The third kappa shape index (κ3) is 3.68. The number of H-pyrrole nitrogens is 1. The Balaban J connectivity index is 1.41. The number of aryl methyl sites for hydroxylation is 1. The summed E-state index contributed by atoms with van der Waals surface area (Å²) in [5.74, 6) is 2.05. The largest absolute Gasteiger partial charge is 0.483 e. The summed E-state index contributed by atoms with van der Waals surface area (Å²) >= 11 is 0. The number of hydrogen-bond donors (Lipinski definition) is 1. The van der Waals surface area contributed by atoms with Gasteiger partial charge in [0.1, 0.15) is 11.6 Å². The fourth-order valence-electron chi connectivity index (χ4n) is 3.70. The van der Waals surface area contributed by atoms with Gasteiger partial charge in [0.15, 0.2) is 6.61 Å². The first-order valence-electron chi connectivity index (χ1n) is 9.53. The van der Waals surface area contributed by atoms with Crippen LogP contribution in [-0.4, -0.2) is 40.5 Å². The predicted molar refractivity (Wildman–Crippen MR) is 106 cm³/mol. The SMILES string of the molecule is Cc1cccc(OCC(=O)N2CCC[C@H](c3nc4ccccc4[nH]3)C2)c1C. The van der Waals surface area contributed by atoms with Crippen molar-refractivity contribution < 1.29 is 9.53 Å². The number of rotatable bonds is 4. The van der Waals surface area contributed by atoms with Gasteiger partial charge in [0.2, 0.25) is 0 Å². The summed E-state index contributed by atoms with van der Waals surface area (Å²) in [5, 5.41) is 0. The van der Waals surface area contributed by atoms with E-state index in [1.807, 2.05) is 61.2 Å². The van der Waals surface area contributed by atoms with Gasteiger partial charge < -0.3 is 14.6 Å². The number of nitrogens with one attached hydrogen (secondary N) is 1. The van der Waals surface area contributed by atoms with Gasteiger partial charge in [0, 0.05) is 19.0 Å². The fourth-order valence-corrected chi connectivity index (χ4v) is 3.70. The molecule has 2 heterocycles. The van der Waals surface area contributed by atoms with E-state index in [-0.39, 0.29) is 18.4 Å². The molecule has 1 amide bonds. The van der Waals surface area contributed by atoms with E-state index in [1.165, 1.54) is 5.56 Å². The number of ether oxygens (including phenoxy) is 1. The Morgan fingerprint density at radius 1 is 1.22 bits per heavy atom. The van der Waals surface area contributed by atoms with E-state index < -0.39 is 0 Å². The molecule has 0 saturated carbocycles. The molecule has 1 aliphatic heterocycles. The van der Waals surface area contributed by atoms with Crippen molar-refractivity contribution in [2.24, 2.45) is 0 Å². The van der Waals surface area contributed by atoms with Crippen molar-refractivity contribution in [3.8, 4) is 5.75 Å². The molecule has 0 spiro atoms. The van der Waals surface area contributed by atoms with Crippen LogP contribution < -0.4 is 4.74 Å². The number of benzene rings is 2. The first-order chi connectivity index (χ1) is 13.1. The molecule has 4 rings (SSSR count). The number of piperidine rings is 1. The van der Waals surface area contributed by atoms with Crippen LogP contribution in [0.3, 0.4) is 0 Å². The zero-order chi connectivity index (χ0) is 18.8. The van der Waals surface area contributed by atoms with Crippen molar-refractivity contribution in [3.63, 3.8) is 0 Å². The first kappa shape index (κ1) is 17.6. The van der Waals surface area contributed by atoms with E-state index in [0.717, 1.165) is 47.6 Å². The van der Waals surface area contributed by atoms with Gasteiger partial charge in [-0.05, 0) is 56.0 Å². The molecule has 1 N–H and O–H groups in total. The number of likely N-dealkylation sites (tertiary alicyclic amines) is 1. The van der Waals surface area contributed by atoms with Gasteiger partial charge in [-0.25, -0.2) is 4.98 Å². The zero-order valence-corrected chi connectivity index (χ0v) is 15.9. The number of carbonyl (C=O) groups excluding carboxylic acids is 1. The molecule has 1 fully saturated rings. The maximum atomic E-state index is 12.7. The smallest absolute Gasteiger partial charge is 0.260 e. The molecule has 0 unspecified atom stereocenters. The van der Waals surface area contributed by atoms with E-state index in [9.17, 15) is 4.79 Å². The van der Waals surface area contributed by atoms with E-state index >= 15 is 0 Å². The summed E-state index contributed by atoms with van der Waals surface area (Å²) in [6.45, 7) is 5.62. The average Bonchev–Trinajstić information content (AvgIpc) is 3.13. The molecule has 5 heteroatoms. The highest BCUT2D eigenvalue weighted by Gasteiger charge is 2.27. The summed E-state index contributed by atoms with van der Waals surface area (Å²) in [6.07, 6.45) is 2.03. The highest BCUT2D eigenvalue weighted by atomic mass is 16.5. The number of aromatic amines is 1. The molecule has 1 aliphatic rings. The highest BCUT2D eigenvalue weighted by molar-refractivity contribution is 5.78. The van der Waals surface area contributed by atoms with Crippen LogP contribution in [-0.2, 0) is 4.79 Å². The summed E-state index contributed by atoms with van der Waals surface area (Å²) in [7, 11) is 0. The Morgan fingerprint density at radius 3 is 2.93 bits per heavy atom. The maximum Gasteiger partial charge on any atom is 0.260 e. The second kappa shape index (κ2) is 7.43. The van der Waals surface area contributed by atoms with E-state index in [0.29, 0.717) is 6.54 Å². The molecule has 1 aromatic heterocycles. The molecule has 3 aromatic rings. The van der Waals surface area contributed by atoms with E-state index in [1.54, 1.807) is 0 Å². The van der Waals surface area contributed by atoms with Crippen LogP contribution in [0.15, 0.2) is 42.5 Å². The number of imidazole rings is 1. The van der Waals surface area contributed by atoms with Crippen LogP contribution in [0.25, 0.3) is 11.0 Å². The van der Waals surface area contributed by atoms with Crippen molar-refractivity contribution in [2.75, 3.05) is 19.7 Å². The van der Waals surface area contributed by atoms with E-state index in [2.05, 4.69) is 4.98 Å². The molecule has 5 nitrogen and oxygen atoms in total. The second-order valence-electron chi connectivity index (χ2n) is 7.30. The Hall–Kier alpha value is -2.82. The minimum atomic E-state index is 0.0386. The van der Waals surface area contributed by atoms with Gasteiger partial charge in [0.25, 0.3) is 5.91 Å². The minimum absolute atomic E-state index is 0.0386. The number of para-hydroxylation sites is 2. The lowest BCUT2D eigenvalue weighted by atomic mass is 9.97. The molecule has 0 bridgehead atoms. The van der Waals surface area contributed by atoms with Crippen LogP contribution >= 0.6 is 0 Å². The van der Waals surface area contributed by atoms with Crippen LogP contribution in [0, 0.1) is 13.8 Å². The van der Waals surface area contributed by atoms with Crippen molar-refractivity contribution in [3.05, 3.63) is 59.4 Å². The summed E-state index contributed by atoms with van der Waals surface area (Å²) in [5.41, 5.74) is 4.29. The van der Waals surface area contributed by atoms with E-state index in [4.69, 9.17) is 9.72 Å². The van der Waals surface area contributed by atoms with Gasteiger partial charge in [-0.3, -0.25) is 4.79 Å². The van der Waals surface area contributed by atoms with Crippen LogP contribution in [0.4, 0.5) is 0 Å². The number of fused-ring (bicyclic) bond motifs is 1. The molecule has 1 saturated heterocycles. The fraction of sp³-hybridized carbons (Fsp3) is 0.364. The second-order valence-corrected chi connectivity index (χ2v) is 7.30. The first-order valence-corrected chi connectivity index (χ1v) is 9.53. The third-order valence-corrected chi connectivity index (χ3v) is 5.47. The maximum absolute atomic E-state index is 12.7. The summed E-state index contributed by atoms with van der Waals surface area (Å²) in [6, 6.07) is 14.0. The molecular weight excluding hydrogens is 338 g/mol. The van der Waals surface area contributed by atoms with Crippen LogP contribution in [0.1, 0.15) is 35.7 Å². The van der Waals surface area contributed by atoms with Crippen molar-refractivity contribution in [2.45, 2.75) is 32.6 Å². The Labute approximate surface area is 159 Å². The van der Waals surface area contributed by atoms with Gasteiger partial charge in [-0.1, -0.05) is 24.3 Å². The minimum Gasteiger partial charge on any atom is -0.483 e. The van der Waals surface area contributed by atoms with Crippen molar-refractivity contribution in [1.29, 1.82) is 0 Å².